The summed E-state index contributed by atoms with van der Waals surface area (Å²) in [5, 5.41) is 0. The van der Waals surface area contributed by atoms with E-state index in [0.29, 0.717) is 43.6 Å². The van der Waals surface area contributed by atoms with Gasteiger partial charge in [-0.3, -0.25) is 0 Å². The van der Waals surface area contributed by atoms with Gasteiger partial charge in [-0.1, -0.05) is 24.3 Å². The average Bonchev–Trinajstić information content (AvgIpc) is 3.08. The highest BCUT2D eigenvalue weighted by atomic mass is 32.2. The summed E-state index contributed by atoms with van der Waals surface area (Å²) in [6, 6.07) is 13.0. The Balaban J connectivity index is 1.42. The number of benzene rings is 2. The van der Waals surface area contributed by atoms with Crippen LogP contribution in [0.15, 0.2) is 52.2 Å². The summed E-state index contributed by atoms with van der Waals surface area (Å²) in [5.74, 6) is 0. The number of hydrogen-bond donors (Lipinski definition) is 2. The Labute approximate surface area is 162 Å². The van der Waals surface area contributed by atoms with Crippen molar-refractivity contribution in [2.24, 2.45) is 0 Å². The molecule has 1 saturated heterocycles. The zero-order valence-corrected chi connectivity index (χ0v) is 16.1. The Bertz CT molecular complexity index is 1200. The van der Waals surface area contributed by atoms with Gasteiger partial charge < -0.3 is 14.7 Å². The van der Waals surface area contributed by atoms with Crippen molar-refractivity contribution in [3.8, 4) is 0 Å². The summed E-state index contributed by atoms with van der Waals surface area (Å²) in [6.07, 6.45) is 2.16. The van der Waals surface area contributed by atoms with Crippen molar-refractivity contribution in [3.63, 3.8) is 0 Å². The van der Waals surface area contributed by atoms with Crippen LogP contribution in [-0.2, 0) is 26.8 Å². The number of hydrogen-bond acceptors (Lipinski definition) is 4. The molecule has 0 aliphatic carbocycles. The lowest BCUT2D eigenvalue weighted by Gasteiger charge is -2.44. The Hall–Kier alpha value is -2.42. The summed E-state index contributed by atoms with van der Waals surface area (Å²) in [5.41, 5.74) is 2.84. The van der Waals surface area contributed by atoms with E-state index in [-0.39, 0.29) is 10.6 Å². The fraction of sp³-hybridized carbons (Fsp3) is 0.350. The van der Waals surface area contributed by atoms with Gasteiger partial charge in [-0.25, -0.2) is 13.2 Å². The first-order valence-electron chi connectivity index (χ1n) is 9.43. The third-order valence-corrected chi connectivity index (χ3v) is 7.81. The van der Waals surface area contributed by atoms with Crippen molar-refractivity contribution < 1.29 is 13.2 Å². The predicted octanol–water partition coefficient (Wildman–Crippen LogP) is 2.11. The monoisotopic (exact) mass is 399 g/mol. The Morgan fingerprint density at radius 2 is 1.75 bits per heavy atom. The number of H-pyrrole nitrogens is 2. The number of piperidine rings is 1. The van der Waals surface area contributed by atoms with Gasteiger partial charge in [0.15, 0.2) is 0 Å². The molecule has 1 aromatic heterocycles. The van der Waals surface area contributed by atoms with E-state index in [1.807, 2.05) is 12.1 Å². The summed E-state index contributed by atoms with van der Waals surface area (Å²) < 4.78 is 34.0. The third kappa shape index (κ3) is 2.71. The summed E-state index contributed by atoms with van der Waals surface area (Å²) in [6.45, 7) is 1.47. The van der Waals surface area contributed by atoms with Gasteiger partial charge >= 0.3 is 5.69 Å². The predicted molar refractivity (Wildman–Crippen MR) is 105 cm³/mol. The van der Waals surface area contributed by atoms with Crippen LogP contribution in [0.5, 0.6) is 0 Å². The van der Waals surface area contributed by atoms with Crippen molar-refractivity contribution >= 4 is 21.1 Å². The van der Waals surface area contributed by atoms with E-state index < -0.39 is 15.6 Å². The van der Waals surface area contributed by atoms with Crippen LogP contribution in [0.25, 0.3) is 11.0 Å². The minimum Gasteiger partial charge on any atom is -0.370 e. The summed E-state index contributed by atoms with van der Waals surface area (Å²) in [4.78, 5) is 16.9. The molecule has 2 aliphatic heterocycles. The first-order chi connectivity index (χ1) is 13.5. The molecule has 3 heterocycles. The lowest BCUT2D eigenvalue weighted by Crippen LogP contribution is -2.48. The Morgan fingerprint density at radius 1 is 1.00 bits per heavy atom. The van der Waals surface area contributed by atoms with Crippen molar-refractivity contribution in [1.82, 2.24) is 14.3 Å². The molecule has 2 aliphatic rings. The van der Waals surface area contributed by atoms with Crippen LogP contribution in [0.2, 0.25) is 0 Å². The van der Waals surface area contributed by atoms with Crippen molar-refractivity contribution in [2.75, 3.05) is 19.7 Å². The number of sulfonamides is 1. The van der Waals surface area contributed by atoms with Crippen LogP contribution in [0, 0.1) is 0 Å². The lowest BCUT2D eigenvalue weighted by molar-refractivity contribution is -0.0891. The molecule has 1 spiro atoms. The molecule has 0 radical (unpaired) electrons. The second kappa shape index (κ2) is 6.30. The quantitative estimate of drug-likeness (QED) is 0.690. The van der Waals surface area contributed by atoms with Crippen LogP contribution >= 0.6 is 0 Å². The van der Waals surface area contributed by atoms with E-state index in [9.17, 15) is 13.2 Å². The molecule has 2 aromatic carbocycles. The van der Waals surface area contributed by atoms with E-state index in [1.54, 1.807) is 6.07 Å². The van der Waals surface area contributed by atoms with Gasteiger partial charge in [0.1, 0.15) is 0 Å². The maximum Gasteiger partial charge on any atom is 0.323 e. The first kappa shape index (κ1) is 17.7. The average molecular weight is 399 g/mol. The van der Waals surface area contributed by atoms with Gasteiger partial charge in [0.2, 0.25) is 10.0 Å². The molecule has 0 atom stereocenters. The van der Waals surface area contributed by atoms with E-state index in [1.165, 1.54) is 27.6 Å². The molecule has 0 bridgehead atoms. The second-order valence-corrected chi connectivity index (χ2v) is 9.38. The Kier molecular flexibility index (Phi) is 3.97. The largest absolute Gasteiger partial charge is 0.370 e. The number of nitrogens with one attached hydrogen (secondary N) is 2. The van der Waals surface area contributed by atoms with Gasteiger partial charge in [0.25, 0.3) is 0 Å². The molecule has 0 unspecified atom stereocenters. The molecule has 1 fully saturated rings. The van der Waals surface area contributed by atoms with Gasteiger partial charge in [0, 0.05) is 13.1 Å². The molecule has 28 heavy (non-hydrogen) atoms. The van der Waals surface area contributed by atoms with Crippen LogP contribution < -0.4 is 5.69 Å². The van der Waals surface area contributed by atoms with Crippen LogP contribution in [0.3, 0.4) is 0 Å². The number of aromatic amines is 2. The number of ether oxygens (including phenoxy) is 1. The van der Waals surface area contributed by atoms with Gasteiger partial charge in [-0.05, 0) is 48.6 Å². The van der Waals surface area contributed by atoms with E-state index >= 15 is 0 Å². The summed E-state index contributed by atoms with van der Waals surface area (Å²) >= 11 is 0. The van der Waals surface area contributed by atoms with Crippen molar-refractivity contribution in [2.45, 2.75) is 29.8 Å². The summed E-state index contributed by atoms with van der Waals surface area (Å²) in [7, 11) is -3.64. The molecule has 8 heteroatoms. The van der Waals surface area contributed by atoms with E-state index in [4.69, 9.17) is 4.74 Å². The fourth-order valence-corrected chi connectivity index (χ4v) is 5.91. The van der Waals surface area contributed by atoms with Gasteiger partial charge in [-0.15, -0.1) is 0 Å². The first-order valence-corrected chi connectivity index (χ1v) is 10.9. The molecule has 5 rings (SSSR count). The number of nitrogens with zero attached hydrogens (tertiary/aromatic N) is 1. The minimum absolute atomic E-state index is 0.191. The third-order valence-electron chi connectivity index (χ3n) is 5.91. The molecule has 0 saturated carbocycles. The van der Waals surface area contributed by atoms with Gasteiger partial charge in [0.05, 0.1) is 28.1 Å². The van der Waals surface area contributed by atoms with E-state index in [0.717, 1.165) is 6.42 Å². The molecule has 3 aromatic rings. The zero-order valence-electron chi connectivity index (χ0n) is 15.3. The van der Waals surface area contributed by atoms with Crippen LogP contribution in [0.1, 0.15) is 24.0 Å². The smallest absolute Gasteiger partial charge is 0.323 e. The molecule has 2 N–H and O–H groups in total. The maximum atomic E-state index is 13.1. The molecule has 0 amide bonds. The van der Waals surface area contributed by atoms with Crippen LogP contribution in [-0.4, -0.2) is 42.4 Å². The zero-order chi connectivity index (χ0) is 19.4. The Morgan fingerprint density at radius 3 is 2.57 bits per heavy atom. The van der Waals surface area contributed by atoms with Crippen molar-refractivity contribution in [1.29, 1.82) is 0 Å². The molecule has 7 nitrogen and oxygen atoms in total. The molecule has 146 valence electrons. The van der Waals surface area contributed by atoms with Crippen LogP contribution in [0.4, 0.5) is 0 Å². The number of fused-ring (bicyclic) bond motifs is 3. The van der Waals surface area contributed by atoms with E-state index in [2.05, 4.69) is 22.1 Å². The lowest BCUT2D eigenvalue weighted by atomic mass is 9.80. The molecular weight excluding hydrogens is 378 g/mol. The topological polar surface area (TPSA) is 95.3 Å². The maximum absolute atomic E-state index is 13.1. The number of imidazole rings is 1. The molecular formula is C20H21N3O4S. The highest BCUT2D eigenvalue weighted by molar-refractivity contribution is 7.89. The minimum atomic E-state index is -3.64. The van der Waals surface area contributed by atoms with Crippen molar-refractivity contribution in [3.05, 3.63) is 64.1 Å². The highest BCUT2D eigenvalue weighted by Crippen LogP contribution is 2.42. The SMILES string of the molecule is O=c1[nH]c2ccc(S(=O)(=O)N3CCC4(CC3)OCCc3ccccc34)cc2[nH]1. The number of rotatable bonds is 2. The van der Waals surface area contributed by atoms with Gasteiger partial charge in [-0.2, -0.15) is 4.31 Å². The number of aromatic nitrogens is 2. The normalized spacial score (nSPS) is 19.7. The second-order valence-electron chi connectivity index (χ2n) is 7.44. The standard InChI is InChI=1S/C20H21N3O4S/c24-19-21-17-6-5-15(13-18(17)22-19)28(25,26)23-10-8-20(9-11-23)16-4-2-1-3-14(16)7-12-27-20/h1-6,13H,7-12H2,(H2,21,22,24). The fourth-order valence-electron chi connectivity index (χ4n) is 4.44. The highest BCUT2D eigenvalue weighted by Gasteiger charge is 2.43.